The van der Waals surface area contributed by atoms with Crippen molar-refractivity contribution in [3.63, 3.8) is 0 Å². The van der Waals surface area contributed by atoms with Gasteiger partial charge >= 0.3 is 0 Å². The second-order valence-corrected chi connectivity index (χ2v) is 4.44. The third-order valence-corrected chi connectivity index (χ3v) is 3.72. The summed E-state index contributed by atoms with van der Waals surface area (Å²) in [4.78, 5) is 0. The zero-order chi connectivity index (χ0) is 9.52. The molecule has 0 bridgehead atoms. The largest absolute Gasteiger partial charge is 0.0683 e. The first-order chi connectivity index (χ1) is 6.47. The van der Waals surface area contributed by atoms with E-state index in [9.17, 15) is 0 Å². The smallest absolute Gasteiger partial charge is 0.0386 e. The van der Waals surface area contributed by atoms with E-state index in [4.69, 9.17) is 0 Å². The van der Waals surface area contributed by atoms with Gasteiger partial charge in [0.2, 0.25) is 0 Å². The van der Waals surface area contributed by atoms with Crippen LogP contribution in [-0.4, -0.2) is 0 Å². The summed E-state index contributed by atoms with van der Waals surface area (Å²) in [6.45, 7) is 4.00. The van der Waals surface area contributed by atoms with E-state index in [-0.39, 0.29) is 0 Å². The molecule has 0 radical (unpaired) electrons. The van der Waals surface area contributed by atoms with Crippen LogP contribution in [0.15, 0.2) is 0 Å². The number of rotatable bonds is 1. The predicted octanol–water partition coefficient (Wildman–Crippen LogP) is 4.78. The fourth-order valence-electron chi connectivity index (χ4n) is 3.03. The molecule has 0 aromatic heterocycles. The van der Waals surface area contributed by atoms with Crippen LogP contribution in [0.5, 0.6) is 0 Å². The number of hydrogen-bond donors (Lipinski definition) is 0. The zero-order valence-electron chi connectivity index (χ0n) is 9.52. The van der Waals surface area contributed by atoms with Crippen molar-refractivity contribution in [1.29, 1.82) is 0 Å². The van der Waals surface area contributed by atoms with Crippen molar-refractivity contribution in [3.05, 3.63) is 0 Å². The van der Waals surface area contributed by atoms with Crippen LogP contribution in [-0.2, 0) is 0 Å². The summed E-state index contributed by atoms with van der Waals surface area (Å²) in [7, 11) is 0. The molecule has 0 unspecified atom stereocenters. The molecule has 78 valence electrons. The van der Waals surface area contributed by atoms with E-state index in [1.807, 2.05) is 13.8 Å². The van der Waals surface area contributed by atoms with Gasteiger partial charge in [0.1, 0.15) is 0 Å². The van der Waals surface area contributed by atoms with E-state index < -0.39 is 0 Å². The summed E-state index contributed by atoms with van der Waals surface area (Å²) in [6, 6.07) is 0. The average molecular weight is 182 g/mol. The van der Waals surface area contributed by atoms with Crippen molar-refractivity contribution in [2.75, 3.05) is 0 Å². The fraction of sp³-hybridized carbons (Fsp3) is 1.00. The van der Waals surface area contributed by atoms with Crippen LogP contribution in [0, 0.1) is 11.8 Å². The third-order valence-electron chi connectivity index (χ3n) is 3.72. The summed E-state index contributed by atoms with van der Waals surface area (Å²) in [5.74, 6) is 2.29. The highest BCUT2D eigenvalue weighted by Crippen LogP contribution is 2.38. The first-order valence-corrected chi connectivity index (χ1v) is 6.47. The lowest BCUT2D eigenvalue weighted by Crippen LogP contribution is -2.14. The van der Waals surface area contributed by atoms with Crippen LogP contribution in [0.3, 0.4) is 0 Å². The van der Waals surface area contributed by atoms with Crippen LogP contribution in [0.2, 0.25) is 0 Å². The first kappa shape index (κ1) is 11.1. The molecule has 0 heterocycles. The lowest BCUT2D eigenvalue weighted by Gasteiger charge is -2.26. The normalized spacial score (nSPS) is 25.4. The highest BCUT2D eigenvalue weighted by atomic mass is 14.3. The van der Waals surface area contributed by atoms with Gasteiger partial charge in [-0.15, -0.1) is 0 Å². The molecule has 0 atom stereocenters. The van der Waals surface area contributed by atoms with Crippen molar-refractivity contribution in [3.8, 4) is 0 Å². The van der Waals surface area contributed by atoms with Crippen molar-refractivity contribution < 1.29 is 0 Å². The van der Waals surface area contributed by atoms with Gasteiger partial charge in [-0.05, 0) is 11.8 Å². The summed E-state index contributed by atoms with van der Waals surface area (Å²) < 4.78 is 0. The van der Waals surface area contributed by atoms with Gasteiger partial charge in [-0.25, -0.2) is 0 Å². The molecule has 0 heteroatoms. The molecule has 2 aliphatic carbocycles. The molecule has 13 heavy (non-hydrogen) atoms. The molecule has 0 aromatic carbocycles. The summed E-state index contributed by atoms with van der Waals surface area (Å²) in [6.07, 6.45) is 13.9. The Hall–Kier alpha value is 0. The predicted molar refractivity (Wildman–Crippen MR) is 59.9 cm³/mol. The molecule has 0 nitrogen and oxygen atoms in total. The van der Waals surface area contributed by atoms with Gasteiger partial charge in [0.25, 0.3) is 0 Å². The SMILES string of the molecule is C1CCC(C2CCCC2)CC1.CC. The molecule has 2 fully saturated rings. The monoisotopic (exact) mass is 182 g/mol. The zero-order valence-corrected chi connectivity index (χ0v) is 9.52. The maximum atomic E-state index is 2.00. The molecule has 0 saturated heterocycles. The minimum Gasteiger partial charge on any atom is -0.0683 e. The quantitative estimate of drug-likeness (QED) is 0.547. The van der Waals surface area contributed by atoms with Gasteiger partial charge in [-0.3, -0.25) is 0 Å². The van der Waals surface area contributed by atoms with Crippen LogP contribution < -0.4 is 0 Å². The molecule has 2 saturated carbocycles. The van der Waals surface area contributed by atoms with Crippen LogP contribution >= 0.6 is 0 Å². The van der Waals surface area contributed by atoms with Gasteiger partial charge < -0.3 is 0 Å². The maximum absolute atomic E-state index is 2.00. The summed E-state index contributed by atoms with van der Waals surface area (Å²) in [5, 5.41) is 0. The summed E-state index contributed by atoms with van der Waals surface area (Å²) >= 11 is 0. The van der Waals surface area contributed by atoms with Gasteiger partial charge in [-0.1, -0.05) is 71.6 Å². The maximum Gasteiger partial charge on any atom is -0.0386 e. The minimum atomic E-state index is 1.14. The fourth-order valence-corrected chi connectivity index (χ4v) is 3.03. The Morgan fingerprint density at radius 1 is 0.538 bits per heavy atom. The lowest BCUT2D eigenvalue weighted by atomic mass is 9.79. The van der Waals surface area contributed by atoms with Gasteiger partial charge in [0.15, 0.2) is 0 Å². The van der Waals surface area contributed by atoms with Gasteiger partial charge in [0.05, 0.1) is 0 Å². The second-order valence-electron chi connectivity index (χ2n) is 4.44. The van der Waals surface area contributed by atoms with Crippen LogP contribution in [0.25, 0.3) is 0 Å². The van der Waals surface area contributed by atoms with Crippen LogP contribution in [0.1, 0.15) is 71.6 Å². The van der Waals surface area contributed by atoms with E-state index in [1.165, 1.54) is 32.1 Å². The summed E-state index contributed by atoms with van der Waals surface area (Å²) in [5.41, 5.74) is 0. The van der Waals surface area contributed by atoms with Crippen molar-refractivity contribution in [1.82, 2.24) is 0 Å². The molecule has 0 aromatic rings. The first-order valence-electron chi connectivity index (χ1n) is 6.47. The van der Waals surface area contributed by atoms with Gasteiger partial charge in [-0.2, -0.15) is 0 Å². The Balaban J connectivity index is 0.000000396. The van der Waals surface area contributed by atoms with Crippen molar-refractivity contribution in [2.24, 2.45) is 11.8 Å². The molecule has 0 aliphatic heterocycles. The molecule has 0 spiro atoms. The Labute approximate surface area is 84.1 Å². The Kier molecular flexibility index (Phi) is 5.50. The molecule has 0 N–H and O–H groups in total. The molecule has 0 amide bonds. The second kappa shape index (κ2) is 6.45. The highest BCUT2D eigenvalue weighted by Gasteiger charge is 2.25. The molecule has 2 aliphatic rings. The number of hydrogen-bond acceptors (Lipinski definition) is 0. The molecular weight excluding hydrogens is 156 g/mol. The van der Waals surface area contributed by atoms with Crippen LogP contribution in [0.4, 0.5) is 0 Å². The van der Waals surface area contributed by atoms with E-state index in [1.54, 1.807) is 25.7 Å². The molecule has 2 rings (SSSR count). The lowest BCUT2D eigenvalue weighted by molar-refractivity contribution is 0.252. The van der Waals surface area contributed by atoms with Gasteiger partial charge in [0, 0.05) is 0 Å². The molecular formula is C13H26. The average Bonchev–Trinajstić information content (AvgIpc) is 2.75. The topological polar surface area (TPSA) is 0 Å². The highest BCUT2D eigenvalue weighted by molar-refractivity contribution is 4.77. The van der Waals surface area contributed by atoms with E-state index in [0.29, 0.717) is 0 Å². The Morgan fingerprint density at radius 3 is 1.23 bits per heavy atom. The minimum absolute atomic E-state index is 1.14. The standard InChI is InChI=1S/C11H20.C2H6/c1-2-6-10(7-3-1)11-8-4-5-9-11;1-2/h10-11H,1-9H2;1-2H3. The van der Waals surface area contributed by atoms with E-state index in [0.717, 1.165) is 11.8 Å². The Bertz CT molecular complexity index is 105. The third kappa shape index (κ3) is 3.32. The van der Waals surface area contributed by atoms with Crippen molar-refractivity contribution in [2.45, 2.75) is 71.6 Å². The Morgan fingerprint density at radius 2 is 0.846 bits per heavy atom. The van der Waals surface area contributed by atoms with Crippen molar-refractivity contribution >= 4 is 0 Å². The van der Waals surface area contributed by atoms with E-state index in [2.05, 4.69) is 0 Å². The van der Waals surface area contributed by atoms with E-state index >= 15 is 0 Å².